The van der Waals surface area contributed by atoms with Crippen LogP contribution >= 0.6 is 11.8 Å². The molecule has 1 aliphatic heterocycles. The summed E-state index contributed by atoms with van der Waals surface area (Å²) in [6.45, 7) is 12.5. The van der Waals surface area contributed by atoms with Crippen molar-refractivity contribution in [2.24, 2.45) is 4.99 Å². The van der Waals surface area contributed by atoms with E-state index in [0.717, 1.165) is 44.3 Å². The van der Waals surface area contributed by atoms with E-state index in [9.17, 15) is 0 Å². The van der Waals surface area contributed by atoms with Gasteiger partial charge in [0.2, 0.25) is 0 Å². The minimum Gasteiger partial charge on any atom is -0.357 e. The van der Waals surface area contributed by atoms with E-state index in [4.69, 9.17) is 4.99 Å². The summed E-state index contributed by atoms with van der Waals surface area (Å²) in [6.07, 6.45) is 6.36. The highest BCUT2D eigenvalue weighted by Crippen LogP contribution is 2.37. The standard InChI is InChI=1S/C21H38N6S/c1-4-22-20(23-10-7-11-27-19(3)16-18(2)25-27)24-17-21(8-5-6-9-21)26-12-14-28-15-13-26/h16H,4-15,17H2,1-3H3,(H2,22,23,24). The number of aliphatic imine (C=N–C) groups is 1. The SMILES string of the molecule is CCNC(=NCC1(N2CCSCC2)CCCC1)NCCCn1nc(C)cc1C. The van der Waals surface area contributed by atoms with Crippen LogP contribution in [0.3, 0.4) is 0 Å². The van der Waals surface area contributed by atoms with Crippen LogP contribution in [0.15, 0.2) is 11.1 Å². The Morgan fingerprint density at radius 3 is 2.61 bits per heavy atom. The summed E-state index contributed by atoms with van der Waals surface area (Å²) in [5.41, 5.74) is 2.63. The lowest BCUT2D eigenvalue weighted by atomic mass is 9.95. The Morgan fingerprint density at radius 1 is 1.21 bits per heavy atom. The van der Waals surface area contributed by atoms with Gasteiger partial charge in [-0.25, -0.2) is 0 Å². The molecule has 1 aromatic rings. The summed E-state index contributed by atoms with van der Waals surface area (Å²) < 4.78 is 2.10. The fourth-order valence-corrected chi connectivity index (χ4v) is 5.45. The van der Waals surface area contributed by atoms with E-state index >= 15 is 0 Å². The number of aromatic nitrogens is 2. The Kier molecular flexibility index (Phi) is 8.09. The van der Waals surface area contributed by atoms with Gasteiger partial charge in [-0.05, 0) is 46.1 Å². The number of hydrogen-bond donors (Lipinski definition) is 2. The second kappa shape index (κ2) is 10.5. The van der Waals surface area contributed by atoms with Crippen LogP contribution in [0.25, 0.3) is 0 Å². The van der Waals surface area contributed by atoms with Crippen LogP contribution < -0.4 is 10.6 Å². The molecule has 1 aliphatic carbocycles. The maximum absolute atomic E-state index is 5.03. The summed E-state index contributed by atoms with van der Waals surface area (Å²) in [5, 5.41) is 11.5. The lowest BCUT2D eigenvalue weighted by molar-refractivity contribution is 0.112. The number of hydrogen-bond acceptors (Lipinski definition) is 4. The van der Waals surface area contributed by atoms with Gasteiger partial charge in [-0.3, -0.25) is 14.6 Å². The molecule has 2 aliphatic rings. The maximum Gasteiger partial charge on any atom is 0.191 e. The third-order valence-electron chi connectivity index (χ3n) is 6.03. The van der Waals surface area contributed by atoms with Gasteiger partial charge >= 0.3 is 0 Å². The highest BCUT2D eigenvalue weighted by Gasteiger charge is 2.39. The lowest BCUT2D eigenvalue weighted by Crippen LogP contribution is -2.53. The third-order valence-corrected chi connectivity index (χ3v) is 6.98. The molecule has 7 heteroatoms. The number of nitrogens with zero attached hydrogens (tertiary/aromatic N) is 4. The van der Waals surface area contributed by atoms with Crippen LogP contribution in [0.5, 0.6) is 0 Å². The first kappa shape index (κ1) is 21.5. The minimum atomic E-state index is 0.299. The molecule has 158 valence electrons. The molecule has 1 aromatic heterocycles. The monoisotopic (exact) mass is 406 g/mol. The van der Waals surface area contributed by atoms with Crippen LogP contribution in [0.2, 0.25) is 0 Å². The molecule has 0 aromatic carbocycles. The van der Waals surface area contributed by atoms with Crippen molar-refractivity contribution in [2.45, 2.75) is 65.0 Å². The fourth-order valence-electron chi connectivity index (χ4n) is 4.55. The van der Waals surface area contributed by atoms with E-state index in [1.54, 1.807) is 0 Å². The van der Waals surface area contributed by atoms with E-state index in [1.807, 2.05) is 0 Å². The molecule has 28 heavy (non-hydrogen) atoms. The van der Waals surface area contributed by atoms with Crippen LogP contribution in [-0.4, -0.2) is 70.4 Å². The van der Waals surface area contributed by atoms with Crippen molar-refractivity contribution in [1.29, 1.82) is 0 Å². The normalized spacial score (nSPS) is 20.5. The van der Waals surface area contributed by atoms with E-state index in [2.05, 4.69) is 63.9 Å². The Labute approximate surface area is 174 Å². The fraction of sp³-hybridized carbons (Fsp3) is 0.810. The van der Waals surface area contributed by atoms with Gasteiger partial charge in [-0.15, -0.1) is 0 Å². The van der Waals surface area contributed by atoms with E-state index < -0.39 is 0 Å². The van der Waals surface area contributed by atoms with E-state index in [0.29, 0.717) is 5.54 Å². The summed E-state index contributed by atoms with van der Waals surface area (Å²) in [6, 6.07) is 2.14. The van der Waals surface area contributed by atoms with Crippen LogP contribution in [-0.2, 0) is 6.54 Å². The maximum atomic E-state index is 5.03. The molecular formula is C21H38N6S. The first-order valence-corrected chi connectivity index (χ1v) is 12.1. The molecule has 2 fully saturated rings. The van der Waals surface area contributed by atoms with Crippen molar-refractivity contribution in [2.75, 3.05) is 44.2 Å². The molecule has 1 saturated carbocycles. The second-order valence-corrected chi connectivity index (χ2v) is 9.38. The molecular weight excluding hydrogens is 368 g/mol. The highest BCUT2D eigenvalue weighted by atomic mass is 32.2. The largest absolute Gasteiger partial charge is 0.357 e. The van der Waals surface area contributed by atoms with Gasteiger partial charge in [0.05, 0.1) is 12.2 Å². The molecule has 0 bridgehead atoms. The van der Waals surface area contributed by atoms with Crippen molar-refractivity contribution >= 4 is 17.7 Å². The van der Waals surface area contributed by atoms with Gasteiger partial charge in [-0.2, -0.15) is 16.9 Å². The van der Waals surface area contributed by atoms with E-state index in [1.165, 1.54) is 56.0 Å². The molecule has 0 spiro atoms. The van der Waals surface area contributed by atoms with Crippen molar-refractivity contribution in [3.05, 3.63) is 17.5 Å². The molecule has 0 atom stereocenters. The van der Waals surface area contributed by atoms with Crippen molar-refractivity contribution < 1.29 is 0 Å². The predicted molar refractivity (Wildman–Crippen MR) is 120 cm³/mol. The number of rotatable bonds is 8. The van der Waals surface area contributed by atoms with Gasteiger partial charge < -0.3 is 10.6 Å². The second-order valence-electron chi connectivity index (χ2n) is 8.16. The summed E-state index contributed by atoms with van der Waals surface area (Å²) >= 11 is 2.09. The summed E-state index contributed by atoms with van der Waals surface area (Å²) in [7, 11) is 0. The quantitative estimate of drug-likeness (QED) is 0.395. The van der Waals surface area contributed by atoms with E-state index in [-0.39, 0.29) is 0 Å². The number of nitrogens with one attached hydrogen (secondary N) is 2. The van der Waals surface area contributed by atoms with Gasteiger partial charge in [-0.1, -0.05) is 12.8 Å². The van der Waals surface area contributed by atoms with Gasteiger partial charge in [0.25, 0.3) is 0 Å². The number of thioether (sulfide) groups is 1. The first-order valence-electron chi connectivity index (χ1n) is 11.0. The highest BCUT2D eigenvalue weighted by molar-refractivity contribution is 7.99. The minimum absolute atomic E-state index is 0.299. The smallest absolute Gasteiger partial charge is 0.191 e. The average Bonchev–Trinajstić information content (AvgIpc) is 3.31. The zero-order valence-electron chi connectivity index (χ0n) is 18.0. The first-order chi connectivity index (χ1) is 13.6. The molecule has 1 saturated heterocycles. The van der Waals surface area contributed by atoms with Gasteiger partial charge in [0.1, 0.15) is 0 Å². The van der Waals surface area contributed by atoms with Crippen molar-refractivity contribution in [3.63, 3.8) is 0 Å². The number of aryl methyl sites for hydroxylation is 3. The molecule has 3 rings (SSSR count). The molecule has 0 unspecified atom stereocenters. The average molecular weight is 407 g/mol. The Hall–Kier alpha value is -1.21. The van der Waals surface area contributed by atoms with Crippen LogP contribution in [0, 0.1) is 13.8 Å². The van der Waals surface area contributed by atoms with Crippen LogP contribution in [0.4, 0.5) is 0 Å². The Bertz CT molecular complexity index is 629. The Balaban J connectivity index is 1.52. The van der Waals surface area contributed by atoms with Gasteiger partial charge in [0.15, 0.2) is 5.96 Å². The lowest BCUT2D eigenvalue weighted by Gasteiger charge is -2.42. The number of guanidine groups is 1. The summed E-state index contributed by atoms with van der Waals surface area (Å²) in [5.74, 6) is 3.51. The Morgan fingerprint density at radius 2 is 1.96 bits per heavy atom. The van der Waals surface area contributed by atoms with Crippen molar-refractivity contribution in [3.8, 4) is 0 Å². The predicted octanol–water partition coefficient (Wildman–Crippen LogP) is 2.81. The molecule has 6 nitrogen and oxygen atoms in total. The van der Waals surface area contributed by atoms with Gasteiger partial charge in [0, 0.05) is 55.5 Å². The topological polar surface area (TPSA) is 57.5 Å². The molecule has 2 heterocycles. The molecule has 0 amide bonds. The zero-order valence-corrected chi connectivity index (χ0v) is 18.8. The third kappa shape index (κ3) is 5.66. The van der Waals surface area contributed by atoms with Crippen molar-refractivity contribution in [1.82, 2.24) is 25.3 Å². The summed E-state index contributed by atoms with van der Waals surface area (Å²) in [4.78, 5) is 7.78. The molecule has 2 N–H and O–H groups in total. The zero-order chi connectivity index (χ0) is 19.8. The molecule has 0 radical (unpaired) electrons. The van der Waals surface area contributed by atoms with Crippen LogP contribution in [0.1, 0.15) is 50.4 Å².